The average Bonchev–Trinajstić information content (AvgIpc) is 2.85. The van der Waals surface area contributed by atoms with Gasteiger partial charge in [-0.2, -0.15) is 0 Å². The lowest BCUT2D eigenvalue weighted by Gasteiger charge is -2.30. The number of carbonyl (C=O) groups is 1. The Labute approximate surface area is 119 Å². The van der Waals surface area contributed by atoms with Crippen molar-refractivity contribution in [2.45, 2.75) is 45.6 Å². The molecule has 106 valence electrons. The third-order valence-corrected chi connectivity index (χ3v) is 4.37. The number of aryl methyl sites for hydroxylation is 1. The van der Waals surface area contributed by atoms with Crippen molar-refractivity contribution in [2.75, 3.05) is 19.6 Å². The maximum absolute atomic E-state index is 12.5. The third-order valence-electron chi connectivity index (χ3n) is 3.47. The summed E-state index contributed by atoms with van der Waals surface area (Å²) in [6, 6.07) is 0.457. The van der Waals surface area contributed by atoms with Gasteiger partial charge in [-0.05, 0) is 32.7 Å². The van der Waals surface area contributed by atoms with Gasteiger partial charge < -0.3 is 10.2 Å². The molecule has 1 unspecified atom stereocenters. The summed E-state index contributed by atoms with van der Waals surface area (Å²) in [6.45, 7) is 6.79. The molecule has 5 heteroatoms. The Morgan fingerprint density at radius 1 is 1.58 bits per heavy atom. The maximum atomic E-state index is 12.5. The number of piperidine rings is 1. The molecular weight excluding hydrogens is 258 g/mol. The van der Waals surface area contributed by atoms with E-state index in [-0.39, 0.29) is 5.91 Å². The van der Waals surface area contributed by atoms with Crippen LogP contribution >= 0.6 is 11.3 Å². The molecule has 1 fully saturated rings. The smallest absolute Gasteiger partial charge is 0.265 e. The standard InChI is InChI=1S/C14H23N3OS/c1-3-8-17(10-12-6-4-5-7-15-12)14(18)13-9-16-11(2)19-13/h9,12,15H,3-8,10H2,1-2H3. The van der Waals surface area contributed by atoms with Crippen LogP contribution in [0.5, 0.6) is 0 Å². The Bertz CT molecular complexity index is 413. The molecule has 1 N–H and O–H groups in total. The molecule has 1 aliphatic rings. The largest absolute Gasteiger partial charge is 0.336 e. The predicted octanol–water partition coefficient (Wildman–Crippen LogP) is 2.45. The van der Waals surface area contributed by atoms with Crippen LogP contribution in [0.15, 0.2) is 6.20 Å². The van der Waals surface area contributed by atoms with Crippen LogP contribution in [0.2, 0.25) is 0 Å². The van der Waals surface area contributed by atoms with Gasteiger partial charge in [-0.15, -0.1) is 11.3 Å². The molecule has 0 spiro atoms. The van der Waals surface area contributed by atoms with Gasteiger partial charge in [0.2, 0.25) is 0 Å². The van der Waals surface area contributed by atoms with Gasteiger partial charge in [0.05, 0.1) is 11.2 Å². The van der Waals surface area contributed by atoms with Crippen LogP contribution in [0.4, 0.5) is 0 Å². The highest BCUT2D eigenvalue weighted by Crippen LogP contribution is 2.16. The molecule has 2 rings (SSSR count). The molecule has 0 saturated carbocycles. The van der Waals surface area contributed by atoms with E-state index in [1.807, 2.05) is 11.8 Å². The highest BCUT2D eigenvalue weighted by atomic mass is 32.1. The van der Waals surface area contributed by atoms with Gasteiger partial charge in [0.15, 0.2) is 0 Å². The second-order valence-electron chi connectivity index (χ2n) is 5.14. The van der Waals surface area contributed by atoms with Gasteiger partial charge in [0, 0.05) is 19.1 Å². The Morgan fingerprint density at radius 2 is 2.42 bits per heavy atom. The molecule has 1 amide bonds. The molecule has 1 saturated heterocycles. The molecule has 0 aromatic carbocycles. The first-order valence-corrected chi connectivity index (χ1v) is 7.97. The highest BCUT2D eigenvalue weighted by Gasteiger charge is 2.22. The number of nitrogens with one attached hydrogen (secondary N) is 1. The summed E-state index contributed by atoms with van der Waals surface area (Å²) in [5.41, 5.74) is 0. The van der Waals surface area contributed by atoms with Gasteiger partial charge in [0.1, 0.15) is 4.88 Å². The molecule has 0 bridgehead atoms. The normalized spacial score (nSPS) is 19.4. The monoisotopic (exact) mass is 281 g/mol. The predicted molar refractivity (Wildman–Crippen MR) is 78.7 cm³/mol. The zero-order valence-corrected chi connectivity index (χ0v) is 12.6. The summed E-state index contributed by atoms with van der Waals surface area (Å²) in [5, 5.41) is 4.47. The number of aromatic nitrogens is 1. The third kappa shape index (κ3) is 4.01. The fourth-order valence-corrected chi connectivity index (χ4v) is 3.25. The topological polar surface area (TPSA) is 45.2 Å². The molecule has 4 nitrogen and oxygen atoms in total. The Hall–Kier alpha value is -0.940. The van der Waals surface area contributed by atoms with Crippen LogP contribution in [0.3, 0.4) is 0 Å². The van der Waals surface area contributed by atoms with Crippen molar-refractivity contribution in [1.82, 2.24) is 15.2 Å². The minimum absolute atomic E-state index is 0.139. The van der Waals surface area contributed by atoms with E-state index in [2.05, 4.69) is 17.2 Å². The fourth-order valence-electron chi connectivity index (χ4n) is 2.51. The number of hydrogen-bond acceptors (Lipinski definition) is 4. The van der Waals surface area contributed by atoms with Crippen molar-refractivity contribution in [3.05, 3.63) is 16.1 Å². The molecule has 1 aromatic heterocycles. The number of carbonyl (C=O) groups excluding carboxylic acids is 1. The van der Waals surface area contributed by atoms with Crippen molar-refractivity contribution in [3.63, 3.8) is 0 Å². The van der Waals surface area contributed by atoms with Crippen LogP contribution in [0, 0.1) is 6.92 Å². The van der Waals surface area contributed by atoms with Crippen LogP contribution in [0.25, 0.3) is 0 Å². The number of amides is 1. The van der Waals surface area contributed by atoms with Crippen LogP contribution in [0.1, 0.15) is 47.3 Å². The van der Waals surface area contributed by atoms with E-state index in [0.717, 1.165) is 35.9 Å². The number of nitrogens with zero attached hydrogens (tertiary/aromatic N) is 2. The quantitative estimate of drug-likeness (QED) is 0.901. The van der Waals surface area contributed by atoms with E-state index in [1.54, 1.807) is 6.20 Å². The summed E-state index contributed by atoms with van der Waals surface area (Å²) < 4.78 is 0. The van der Waals surface area contributed by atoms with Crippen LogP contribution < -0.4 is 5.32 Å². The molecule has 0 aliphatic carbocycles. The van der Waals surface area contributed by atoms with E-state index in [9.17, 15) is 4.79 Å². The van der Waals surface area contributed by atoms with Crippen molar-refractivity contribution in [1.29, 1.82) is 0 Å². The van der Waals surface area contributed by atoms with E-state index in [4.69, 9.17) is 0 Å². The molecule has 1 atom stereocenters. The van der Waals surface area contributed by atoms with E-state index >= 15 is 0 Å². The van der Waals surface area contributed by atoms with Gasteiger partial charge in [-0.3, -0.25) is 4.79 Å². The van der Waals surface area contributed by atoms with Crippen molar-refractivity contribution < 1.29 is 4.79 Å². The lowest BCUT2D eigenvalue weighted by atomic mass is 10.0. The summed E-state index contributed by atoms with van der Waals surface area (Å²) >= 11 is 1.49. The van der Waals surface area contributed by atoms with E-state index < -0.39 is 0 Å². The van der Waals surface area contributed by atoms with Crippen molar-refractivity contribution >= 4 is 17.2 Å². The number of thiazole rings is 1. The Kier molecular flexibility index (Phi) is 5.34. The first kappa shape index (κ1) is 14.5. The van der Waals surface area contributed by atoms with Gasteiger partial charge in [-0.25, -0.2) is 4.98 Å². The Balaban J connectivity index is 1.99. The lowest BCUT2D eigenvalue weighted by molar-refractivity contribution is 0.0736. The highest BCUT2D eigenvalue weighted by molar-refractivity contribution is 7.13. The summed E-state index contributed by atoms with van der Waals surface area (Å²) in [4.78, 5) is 19.4. The minimum Gasteiger partial charge on any atom is -0.336 e. The lowest BCUT2D eigenvalue weighted by Crippen LogP contribution is -2.45. The first-order chi connectivity index (χ1) is 9.20. The summed E-state index contributed by atoms with van der Waals surface area (Å²) in [6.07, 6.45) is 6.41. The van der Waals surface area contributed by atoms with Crippen molar-refractivity contribution in [3.8, 4) is 0 Å². The van der Waals surface area contributed by atoms with E-state index in [1.165, 1.54) is 30.6 Å². The summed E-state index contributed by atoms with van der Waals surface area (Å²) in [7, 11) is 0. The molecule has 19 heavy (non-hydrogen) atoms. The van der Waals surface area contributed by atoms with E-state index in [0.29, 0.717) is 6.04 Å². The Morgan fingerprint density at radius 3 is 3.00 bits per heavy atom. The number of rotatable bonds is 5. The SMILES string of the molecule is CCCN(CC1CCCCN1)C(=O)c1cnc(C)s1. The minimum atomic E-state index is 0.139. The van der Waals surface area contributed by atoms with Gasteiger partial charge in [0.25, 0.3) is 5.91 Å². The zero-order chi connectivity index (χ0) is 13.7. The molecule has 1 aliphatic heterocycles. The summed E-state index contributed by atoms with van der Waals surface area (Å²) in [5.74, 6) is 0.139. The van der Waals surface area contributed by atoms with Crippen LogP contribution in [-0.2, 0) is 0 Å². The molecule has 1 aromatic rings. The van der Waals surface area contributed by atoms with Gasteiger partial charge in [-0.1, -0.05) is 13.3 Å². The molecular formula is C14H23N3OS. The van der Waals surface area contributed by atoms with Crippen molar-refractivity contribution in [2.24, 2.45) is 0 Å². The fraction of sp³-hybridized carbons (Fsp3) is 0.714. The maximum Gasteiger partial charge on any atom is 0.265 e. The molecule has 2 heterocycles. The average molecular weight is 281 g/mol. The first-order valence-electron chi connectivity index (χ1n) is 7.15. The van der Waals surface area contributed by atoms with Crippen LogP contribution in [-0.4, -0.2) is 41.5 Å². The number of hydrogen-bond donors (Lipinski definition) is 1. The molecule has 0 radical (unpaired) electrons. The second-order valence-corrected chi connectivity index (χ2v) is 6.38. The zero-order valence-electron chi connectivity index (χ0n) is 11.8. The second kappa shape index (κ2) is 7.01. The van der Waals surface area contributed by atoms with Gasteiger partial charge >= 0.3 is 0 Å².